The highest BCUT2D eigenvalue weighted by Crippen LogP contribution is 2.38. The minimum absolute atomic E-state index is 0.272. The van der Waals surface area contributed by atoms with Gasteiger partial charge in [0.05, 0.1) is 0 Å². The molecular weight excluding hydrogens is 307 g/mol. The lowest BCUT2D eigenvalue weighted by atomic mass is 9.96. The van der Waals surface area contributed by atoms with Crippen LogP contribution in [0.3, 0.4) is 0 Å². The summed E-state index contributed by atoms with van der Waals surface area (Å²) in [6.07, 6.45) is 3.33. The Balaban J connectivity index is 1.42. The number of aliphatic hydroxyl groups excluding tert-OH is 1. The van der Waals surface area contributed by atoms with Gasteiger partial charge in [0.2, 0.25) is 0 Å². The lowest BCUT2D eigenvalue weighted by Crippen LogP contribution is -2.09. The first-order valence-electron chi connectivity index (χ1n) is 8.46. The molecule has 2 aromatic carbocycles. The Morgan fingerprint density at radius 1 is 0.875 bits per heavy atom. The van der Waals surface area contributed by atoms with Crippen LogP contribution in [0.2, 0.25) is 0 Å². The van der Waals surface area contributed by atoms with E-state index in [9.17, 15) is 9.50 Å². The Hall–Kier alpha value is -2.07. The first-order chi connectivity index (χ1) is 11.7. The van der Waals surface area contributed by atoms with Gasteiger partial charge in [0, 0.05) is 6.61 Å². The average Bonchev–Trinajstić information content (AvgIpc) is 3.10. The van der Waals surface area contributed by atoms with Crippen molar-refractivity contribution in [3.63, 3.8) is 0 Å². The molecule has 3 nitrogen and oxygen atoms in total. The highest BCUT2D eigenvalue weighted by atomic mass is 19.1. The first-order valence-corrected chi connectivity index (χ1v) is 8.46. The molecule has 0 bridgehead atoms. The van der Waals surface area contributed by atoms with E-state index in [0.29, 0.717) is 37.4 Å². The van der Waals surface area contributed by atoms with Gasteiger partial charge in [-0.05, 0) is 73.1 Å². The molecule has 128 valence electrons. The second-order valence-electron chi connectivity index (χ2n) is 6.28. The summed E-state index contributed by atoms with van der Waals surface area (Å²) in [4.78, 5) is 0. The number of ether oxygens (including phenoxy) is 2. The van der Waals surface area contributed by atoms with Crippen molar-refractivity contribution in [1.82, 2.24) is 0 Å². The molecule has 1 aliphatic rings. The van der Waals surface area contributed by atoms with E-state index in [1.807, 2.05) is 12.1 Å². The molecule has 1 saturated carbocycles. The van der Waals surface area contributed by atoms with Crippen LogP contribution in [-0.2, 0) is 0 Å². The van der Waals surface area contributed by atoms with Crippen molar-refractivity contribution in [2.75, 3.05) is 19.8 Å². The quantitative estimate of drug-likeness (QED) is 0.775. The van der Waals surface area contributed by atoms with Crippen molar-refractivity contribution in [2.24, 2.45) is 5.92 Å². The highest BCUT2D eigenvalue weighted by molar-refractivity contribution is 5.30. The number of rotatable bonds is 7. The third-order valence-corrected chi connectivity index (χ3v) is 4.59. The largest absolute Gasteiger partial charge is 0.490 e. The average molecular weight is 330 g/mol. The minimum atomic E-state index is -0.272. The zero-order valence-electron chi connectivity index (χ0n) is 13.7. The van der Waals surface area contributed by atoms with Crippen molar-refractivity contribution < 1.29 is 19.0 Å². The van der Waals surface area contributed by atoms with Crippen molar-refractivity contribution in [2.45, 2.75) is 25.2 Å². The van der Waals surface area contributed by atoms with Gasteiger partial charge in [-0.1, -0.05) is 12.1 Å². The zero-order valence-corrected chi connectivity index (χ0v) is 13.7. The van der Waals surface area contributed by atoms with Gasteiger partial charge in [0.1, 0.15) is 30.5 Å². The predicted octanol–water partition coefficient (Wildman–Crippen LogP) is 4.16. The normalized spacial score (nSPS) is 20.1. The fourth-order valence-electron chi connectivity index (χ4n) is 3.23. The van der Waals surface area contributed by atoms with Gasteiger partial charge in [-0.3, -0.25) is 0 Å². The molecule has 0 radical (unpaired) electrons. The molecule has 24 heavy (non-hydrogen) atoms. The number of benzene rings is 2. The molecular formula is C20H23FO3. The molecule has 2 atom stereocenters. The third kappa shape index (κ3) is 4.48. The van der Waals surface area contributed by atoms with Crippen molar-refractivity contribution in [3.8, 4) is 11.5 Å². The van der Waals surface area contributed by atoms with Crippen LogP contribution in [0.25, 0.3) is 0 Å². The van der Waals surface area contributed by atoms with E-state index in [4.69, 9.17) is 9.47 Å². The topological polar surface area (TPSA) is 38.7 Å². The summed E-state index contributed by atoms with van der Waals surface area (Å²) in [5, 5.41) is 9.24. The lowest BCUT2D eigenvalue weighted by molar-refractivity contribution is 0.217. The van der Waals surface area contributed by atoms with Crippen molar-refractivity contribution >= 4 is 0 Å². The van der Waals surface area contributed by atoms with E-state index < -0.39 is 0 Å². The molecule has 0 saturated heterocycles. The smallest absolute Gasteiger partial charge is 0.123 e. The monoisotopic (exact) mass is 330 g/mol. The van der Waals surface area contributed by atoms with Gasteiger partial charge < -0.3 is 14.6 Å². The molecule has 1 unspecified atom stereocenters. The standard InChI is InChI=1S/C20H23FO3/c21-18-5-9-20(10-6-18)24-12-11-23-19-7-3-16(4-8-19)17-2-1-15(13-17)14-22/h3-10,15,17,22H,1-2,11-14H2/t15-,17?/m0/s1. The van der Waals surface area contributed by atoms with Crippen LogP contribution in [0.1, 0.15) is 30.7 Å². The van der Waals surface area contributed by atoms with Crippen LogP contribution >= 0.6 is 0 Å². The van der Waals surface area contributed by atoms with Gasteiger partial charge in [-0.2, -0.15) is 0 Å². The van der Waals surface area contributed by atoms with Crippen LogP contribution in [0.4, 0.5) is 4.39 Å². The summed E-state index contributed by atoms with van der Waals surface area (Å²) < 4.78 is 24.0. The van der Waals surface area contributed by atoms with Crippen LogP contribution in [-0.4, -0.2) is 24.9 Å². The summed E-state index contributed by atoms with van der Waals surface area (Å²) in [6, 6.07) is 14.1. The second kappa shape index (κ2) is 8.15. The molecule has 3 rings (SSSR count). The molecule has 0 amide bonds. The van der Waals surface area contributed by atoms with Gasteiger partial charge >= 0.3 is 0 Å². The van der Waals surface area contributed by atoms with E-state index in [1.54, 1.807) is 12.1 Å². The maximum Gasteiger partial charge on any atom is 0.123 e. The number of hydrogen-bond donors (Lipinski definition) is 1. The van der Waals surface area contributed by atoms with E-state index in [1.165, 1.54) is 17.7 Å². The maximum atomic E-state index is 12.8. The van der Waals surface area contributed by atoms with Gasteiger partial charge in [0.25, 0.3) is 0 Å². The molecule has 1 aliphatic carbocycles. The summed E-state index contributed by atoms with van der Waals surface area (Å²) >= 11 is 0. The second-order valence-corrected chi connectivity index (χ2v) is 6.28. The Labute approximate surface area is 142 Å². The summed E-state index contributed by atoms with van der Waals surface area (Å²) in [5.41, 5.74) is 1.32. The predicted molar refractivity (Wildman–Crippen MR) is 91.0 cm³/mol. The molecule has 0 spiro atoms. The Bertz CT molecular complexity index is 624. The van der Waals surface area contributed by atoms with Crippen LogP contribution < -0.4 is 9.47 Å². The molecule has 2 aromatic rings. The van der Waals surface area contributed by atoms with Crippen LogP contribution in [0.5, 0.6) is 11.5 Å². The first kappa shape index (κ1) is 16.8. The Morgan fingerprint density at radius 3 is 2.00 bits per heavy atom. The lowest BCUT2D eigenvalue weighted by Gasteiger charge is -2.12. The van der Waals surface area contributed by atoms with E-state index >= 15 is 0 Å². The molecule has 1 fully saturated rings. The number of aliphatic hydroxyl groups is 1. The number of hydrogen-bond acceptors (Lipinski definition) is 3. The fourth-order valence-corrected chi connectivity index (χ4v) is 3.23. The van der Waals surface area contributed by atoms with E-state index in [0.717, 1.165) is 25.0 Å². The van der Waals surface area contributed by atoms with Crippen molar-refractivity contribution in [1.29, 1.82) is 0 Å². The Kier molecular flexibility index (Phi) is 5.70. The van der Waals surface area contributed by atoms with Crippen LogP contribution in [0, 0.1) is 11.7 Å². The zero-order chi connectivity index (χ0) is 16.8. The summed E-state index contributed by atoms with van der Waals surface area (Å²) in [6.45, 7) is 1.15. The summed E-state index contributed by atoms with van der Waals surface area (Å²) in [5.74, 6) is 2.19. The van der Waals surface area contributed by atoms with Crippen molar-refractivity contribution in [3.05, 3.63) is 59.9 Å². The third-order valence-electron chi connectivity index (χ3n) is 4.59. The molecule has 0 aliphatic heterocycles. The fraction of sp³-hybridized carbons (Fsp3) is 0.400. The Morgan fingerprint density at radius 2 is 1.46 bits per heavy atom. The van der Waals surface area contributed by atoms with Crippen LogP contribution in [0.15, 0.2) is 48.5 Å². The van der Waals surface area contributed by atoms with Gasteiger partial charge in [-0.25, -0.2) is 4.39 Å². The summed E-state index contributed by atoms with van der Waals surface area (Å²) in [7, 11) is 0. The van der Waals surface area contributed by atoms with E-state index in [-0.39, 0.29) is 5.82 Å². The van der Waals surface area contributed by atoms with Gasteiger partial charge in [0.15, 0.2) is 0 Å². The minimum Gasteiger partial charge on any atom is -0.490 e. The van der Waals surface area contributed by atoms with Gasteiger partial charge in [-0.15, -0.1) is 0 Å². The molecule has 0 heterocycles. The molecule has 0 aromatic heterocycles. The molecule has 1 N–H and O–H groups in total. The SMILES string of the molecule is OC[C@H]1CCC(c2ccc(OCCOc3ccc(F)cc3)cc2)C1. The molecule has 4 heteroatoms. The van der Waals surface area contributed by atoms with E-state index in [2.05, 4.69) is 12.1 Å². The number of halogens is 1. The maximum absolute atomic E-state index is 12.8. The highest BCUT2D eigenvalue weighted by Gasteiger charge is 2.25.